The third-order valence-electron chi connectivity index (χ3n) is 4.77. The quantitative estimate of drug-likeness (QED) is 0.754. The van der Waals surface area contributed by atoms with Crippen molar-refractivity contribution in [2.24, 2.45) is 0 Å². The molecule has 0 saturated heterocycles. The van der Waals surface area contributed by atoms with Gasteiger partial charge in [-0.25, -0.2) is 0 Å². The normalized spacial score (nSPS) is 21.0. The summed E-state index contributed by atoms with van der Waals surface area (Å²) in [5, 5.41) is 3.70. The molecule has 0 aliphatic heterocycles. The van der Waals surface area contributed by atoms with Crippen molar-refractivity contribution in [1.82, 2.24) is 5.32 Å². The smallest absolute Gasteiger partial charge is 0.307 e. The SMILES string of the molecule is CCCNC1(CC(=O)OC)CCCCCCCCCCC1. The molecule has 1 aliphatic carbocycles. The zero-order valence-electron chi connectivity index (χ0n) is 14.2. The number of nitrogens with one attached hydrogen (secondary N) is 1. The van der Waals surface area contributed by atoms with Gasteiger partial charge in [-0.1, -0.05) is 64.7 Å². The molecule has 0 heterocycles. The van der Waals surface area contributed by atoms with Gasteiger partial charge in [-0.3, -0.25) is 4.79 Å². The molecule has 0 atom stereocenters. The lowest BCUT2D eigenvalue weighted by Gasteiger charge is -2.35. The molecule has 0 aromatic heterocycles. The molecule has 1 fully saturated rings. The van der Waals surface area contributed by atoms with Crippen LogP contribution in [0.1, 0.15) is 90.4 Å². The highest BCUT2D eigenvalue weighted by Crippen LogP contribution is 2.28. The second-order valence-electron chi connectivity index (χ2n) is 6.64. The summed E-state index contributed by atoms with van der Waals surface area (Å²) in [6.45, 7) is 3.19. The van der Waals surface area contributed by atoms with E-state index in [0.717, 1.165) is 25.8 Å². The van der Waals surface area contributed by atoms with E-state index < -0.39 is 0 Å². The average Bonchev–Trinajstić information content (AvgIpc) is 2.48. The number of rotatable bonds is 5. The number of ether oxygens (including phenoxy) is 1. The van der Waals surface area contributed by atoms with E-state index in [9.17, 15) is 4.79 Å². The van der Waals surface area contributed by atoms with Crippen LogP contribution in [0.25, 0.3) is 0 Å². The first-order valence-electron chi connectivity index (χ1n) is 9.04. The van der Waals surface area contributed by atoms with Crippen molar-refractivity contribution in [1.29, 1.82) is 0 Å². The Morgan fingerprint density at radius 1 is 0.952 bits per heavy atom. The van der Waals surface area contributed by atoms with Crippen LogP contribution in [0, 0.1) is 0 Å². The molecule has 0 spiro atoms. The van der Waals surface area contributed by atoms with Gasteiger partial charge in [-0.15, -0.1) is 0 Å². The predicted molar refractivity (Wildman–Crippen MR) is 88.4 cm³/mol. The Morgan fingerprint density at radius 2 is 1.43 bits per heavy atom. The molecule has 0 aromatic rings. The van der Waals surface area contributed by atoms with Gasteiger partial charge in [0.15, 0.2) is 0 Å². The maximum absolute atomic E-state index is 11.9. The van der Waals surface area contributed by atoms with Gasteiger partial charge in [-0.05, 0) is 25.8 Å². The molecule has 1 aliphatic rings. The molecular weight excluding hydrogens is 262 g/mol. The molecule has 21 heavy (non-hydrogen) atoms. The molecule has 0 bridgehead atoms. The highest BCUT2D eigenvalue weighted by atomic mass is 16.5. The molecule has 124 valence electrons. The first-order valence-corrected chi connectivity index (χ1v) is 9.04. The van der Waals surface area contributed by atoms with Crippen molar-refractivity contribution >= 4 is 5.97 Å². The highest BCUT2D eigenvalue weighted by Gasteiger charge is 2.31. The van der Waals surface area contributed by atoms with Gasteiger partial charge in [0, 0.05) is 5.54 Å². The van der Waals surface area contributed by atoms with Crippen LogP contribution < -0.4 is 5.32 Å². The third-order valence-corrected chi connectivity index (χ3v) is 4.77. The second-order valence-corrected chi connectivity index (χ2v) is 6.64. The molecule has 0 radical (unpaired) electrons. The van der Waals surface area contributed by atoms with Crippen molar-refractivity contribution in [3.05, 3.63) is 0 Å². The number of esters is 1. The number of hydrogen-bond acceptors (Lipinski definition) is 3. The van der Waals surface area contributed by atoms with E-state index in [1.165, 1.54) is 64.9 Å². The maximum Gasteiger partial charge on any atom is 0.307 e. The van der Waals surface area contributed by atoms with Crippen LogP contribution in [0.5, 0.6) is 0 Å². The van der Waals surface area contributed by atoms with Crippen LogP contribution >= 0.6 is 0 Å². The maximum atomic E-state index is 11.9. The van der Waals surface area contributed by atoms with E-state index in [2.05, 4.69) is 12.2 Å². The lowest BCUT2D eigenvalue weighted by molar-refractivity contribution is -0.142. The van der Waals surface area contributed by atoms with Crippen LogP contribution in [0.3, 0.4) is 0 Å². The van der Waals surface area contributed by atoms with E-state index in [0.29, 0.717) is 6.42 Å². The van der Waals surface area contributed by atoms with E-state index in [-0.39, 0.29) is 11.5 Å². The number of carbonyl (C=O) groups excluding carboxylic acids is 1. The van der Waals surface area contributed by atoms with Crippen molar-refractivity contribution in [2.45, 2.75) is 95.9 Å². The minimum atomic E-state index is -0.0642. The van der Waals surface area contributed by atoms with Crippen LogP contribution in [0.4, 0.5) is 0 Å². The average molecular weight is 297 g/mol. The van der Waals surface area contributed by atoms with Gasteiger partial charge in [0.25, 0.3) is 0 Å². The van der Waals surface area contributed by atoms with Crippen molar-refractivity contribution < 1.29 is 9.53 Å². The lowest BCUT2D eigenvalue weighted by atomic mass is 9.82. The van der Waals surface area contributed by atoms with Crippen LogP contribution in [0.2, 0.25) is 0 Å². The zero-order valence-corrected chi connectivity index (χ0v) is 14.2. The fourth-order valence-electron chi connectivity index (χ4n) is 3.44. The minimum Gasteiger partial charge on any atom is -0.469 e. The topological polar surface area (TPSA) is 38.3 Å². The van der Waals surface area contributed by atoms with Gasteiger partial charge in [0.1, 0.15) is 0 Å². The van der Waals surface area contributed by atoms with Gasteiger partial charge in [0.05, 0.1) is 13.5 Å². The Bertz CT molecular complexity index is 266. The fourth-order valence-corrected chi connectivity index (χ4v) is 3.44. The first-order chi connectivity index (χ1) is 10.2. The summed E-state index contributed by atoms with van der Waals surface area (Å²) in [5.41, 5.74) is -0.0255. The molecule has 1 N–H and O–H groups in total. The number of carbonyl (C=O) groups is 1. The summed E-state index contributed by atoms with van der Waals surface area (Å²) in [4.78, 5) is 11.9. The minimum absolute atomic E-state index is 0.0255. The van der Waals surface area contributed by atoms with Crippen LogP contribution in [-0.4, -0.2) is 25.2 Å². The number of methoxy groups -OCH3 is 1. The first kappa shape index (κ1) is 18.5. The summed E-state index contributed by atoms with van der Waals surface area (Å²) < 4.78 is 4.95. The lowest BCUT2D eigenvalue weighted by Crippen LogP contribution is -2.47. The molecule has 0 unspecified atom stereocenters. The van der Waals surface area contributed by atoms with Gasteiger partial charge < -0.3 is 10.1 Å². The highest BCUT2D eigenvalue weighted by molar-refractivity contribution is 5.70. The third kappa shape index (κ3) is 7.85. The summed E-state index contributed by atoms with van der Waals surface area (Å²) in [6.07, 6.45) is 15.8. The molecule has 0 aromatic carbocycles. The Hall–Kier alpha value is -0.570. The summed E-state index contributed by atoms with van der Waals surface area (Å²) in [7, 11) is 1.51. The molecular formula is C18H35NO2. The Balaban J connectivity index is 2.66. The largest absolute Gasteiger partial charge is 0.469 e. The molecule has 3 nitrogen and oxygen atoms in total. The zero-order chi connectivity index (χ0) is 15.4. The van der Waals surface area contributed by atoms with E-state index >= 15 is 0 Å². The van der Waals surface area contributed by atoms with Gasteiger partial charge >= 0.3 is 5.97 Å². The predicted octanol–water partition coefficient (Wildman–Crippen LogP) is 4.59. The second kappa shape index (κ2) is 11.1. The Kier molecular flexibility index (Phi) is 9.73. The van der Waals surface area contributed by atoms with E-state index in [4.69, 9.17) is 4.74 Å². The molecule has 1 saturated carbocycles. The van der Waals surface area contributed by atoms with E-state index in [1.807, 2.05) is 0 Å². The van der Waals surface area contributed by atoms with Crippen molar-refractivity contribution in [2.75, 3.05) is 13.7 Å². The van der Waals surface area contributed by atoms with Crippen LogP contribution in [-0.2, 0) is 9.53 Å². The fraction of sp³-hybridized carbons (Fsp3) is 0.944. The monoisotopic (exact) mass is 297 g/mol. The Labute approximate surface area is 131 Å². The summed E-state index contributed by atoms with van der Waals surface area (Å²) in [5.74, 6) is -0.0642. The number of hydrogen-bond donors (Lipinski definition) is 1. The summed E-state index contributed by atoms with van der Waals surface area (Å²) in [6, 6.07) is 0. The molecule has 1 rings (SSSR count). The van der Waals surface area contributed by atoms with E-state index in [1.54, 1.807) is 0 Å². The van der Waals surface area contributed by atoms with Gasteiger partial charge in [-0.2, -0.15) is 0 Å². The van der Waals surface area contributed by atoms with Crippen LogP contribution in [0.15, 0.2) is 0 Å². The van der Waals surface area contributed by atoms with Gasteiger partial charge in [0.2, 0.25) is 0 Å². The summed E-state index contributed by atoms with van der Waals surface area (Å²) >= 11 is 0. The molecule has 3 heteroatoms. The van der Waals surface area contributed by atoms with Crippen molar-refractivity contribution in [3.63, 3.8) is 0 Å². The molecule has 0 amide bonds. The standard InChI is InChI=1S/C18H35NO2/c1-3-15-19-18(16-17(20)21-2)13-11-9-7-5-4-6-8-10-12-14-18/h19H,3-16H2,1-2H3. The van der Waals surface area contributed by atoms with Crippen molar-refractivity contribution in [3.8, 4) is 0 Å². The Morgan fingerprint density at radius 3 is 1.86 bits per heavy atom.